The van der Waals surface area contributed by atoms with Crippen LogP contribution in [0.4, 0.5) is 5.69 Å². The Balaban J connectivity index is 2.11. The highest BCUT2D eigenvalue weighted by Crippen LogP contribution is 2.76. The van der Waals surface area contributed by atoms with Crippen molar-refractivity contribution in [2.45, 2.75) is 14.1 Å². The van der Waals surface area contributed by atoms with Gasteiger partial charge in [-0.15, -0.1) is 23.2 Å². The number of alkyl halides is 4. The number of allylic oxidation sites excluding steroid dienone is 2. The third kappa shape index (κ3) is 2.83. The van der Waals surface area contributed by atoms with Crippen LogP contribution in [0.5, 0.6) is 11.5 Å². The Kier molecular flexibility index (Phi) is 5.87. The maximum Gasteiger partial charge on any atom is 0.309 e. The Labute approximate surface area is 195 Å². The van der Waals surface area contributed by atoms with E-state index < -0.39 is 37.8 Å². The van der Waals surface area contributed by atoms with Crippen molar-refractivity contribution in [2.24, 2.45) is 11.8 Å². The van der Waals surface area contributed by atoms with Gasteiger partial charge < -0.3 is 19.9 Å². The Morgan fingerprint density at radius 1 is 1.00 bits per heavy atom. The minimum Gasteiger partial charge on any atom is -0.497 e. The number of ether oxygens (including phenoxy) is 2. The molecule has 3 rings (SSSR count). The largest absolute Gasteiger partial charge is 0.497 e. The van der Waals surface area contributed by atoms with Gasteiger partial charge in [0.25, 0.3) is 0 Å². The number of carbonyl (C=O) groups is 2. The molecule has 0 aromatic heterocycles. The Hall–Kier alpha value is -0.760. The number of fused-ring (bicyclic) bond motifs is 2. The summed E-state index contributed by atoms with van der Waals surface area (Å²) in [7, 11) is 2.84. The van der Waals surface area contributed by atoms with Crippen molar-refractivity contribution in [1.29, 1.82) is 0 Å². The monoisotopic (exact) mass is 521 g/mol. The number of halogens is 6. The van der Waals surface area contributed by atoms with Gasteiger partial charge in [0, 0.05) is 6.07 Å². The van der Waals surface area contributed by atoms with E-state index in [2.05, 4.69) is 5.32 Å². The number of aliphatic carboxylic acids is 1. The molecular formula is C17H13Cl6NO5. The molecule has 29 heavy (non-hydrogen) atoms. The minimum absolute atomic E-state index is 0.202. The summed E-state index contributed by atoms with van der Waals surface area (Å²) >= 11 is 38.3. The number of benzene rings is 1. The van der Waals surface area contributed by atoms with E-state index in [1.165, 1.54) is 20.3 Å². The molecule has 1 aromatic rings. The van der Waals surface area contributed by atoms with Gasteiger partial charge in [-0.2, -0.15) is 0 Å². The first-order chi connectivity index (χ1) is 13.4. The SMILES string of the molecule is COc1ccc(OC)c(NC(=O)[C@H]2[C@@H](C(=O)O)[C@@]3(Cl)C(Cl)=C(Cl)[C@@]2(Cl)C3(Cl)Cl)c1. The van der Waals surface area contributed by atoms with Crippen molar-refractivity contribution >= 4 is 87.2 Å². The van der Waals surface area contributed by atoms with Gasteiger partial charge in [-0.1, -0.05) is 46.4 Å². The smallest absolute Gasteiger partial charge is 0.309 e. The van der Waals surface area contributed by atoms with Gasteiger partial charge >= 0.3 is 5.97 Å². The van der Waals surface area contributed by atoms with Crippen LogP contribution in [0.3, 0.4) is 0 Å². The number of amides is 1. The van der Waals surface area contributed by atoms with Gasteiger partial charge in [0.1, 0.15) is 21.2 Å². The van der Waals surface area contributed by atoms with Gasteiger partial charge in [-0.25, -0.2) is 0 Å². The summed E-state index contributed by atoms with van der Waals surface area (Å²) in [6.07, 6.45) is 0. The molecule has 0 spiro atoms. The average Bonchev–Trinajstić information content (AvgIpc) is 2.87. The van der Waals surface area contributed by atoms with Gasteiger partial charge in [0.2, 0.25) is 5.91 Å². The van der Waals surface area contributed by atoms with Crippen LogP contribution in [-0.2, 0) is 9.59 Å². The molecule has 2 aliphatic carbocycles. The summed E-state index contributed by atoms with van der Waals surface area (Å²) in [6.45, 7) is 0. The van der Waals surface area contributed by atoms with Crippen LogP contribution in [0.25, 0.3) is 0 Å². The van der Waals surface area contributed by atoms with E-state index in [4.69, 9.17) is 79.1 Å². The number of rotatable bonds is 5. The molecule has 2 N–H and O–H groups in total. The van der Waals surface area contributed by atoms with E-state index >= 15 is 0 Å². The van der Waals surface area contributed by atoms with Gasteiger partial charge in [-0.3, -0.25) is 9.59 Å². The summed E-state index contributed by atoms with van der Waals surface area (Å²) in [5, 5.41) is 11.8. The minimum atomic E-state index is -2.18. The van der Waals surface area contributed by atoms with Crippen molar-refractivity contribution in [1.82, 2.24) is 0 Å². The Bertz CT molecular complexity index is 937. The first-order valence-electron chi connectivity index (χ1n) is 7.97. The normalized spacial score (nSPS) is 32.3. The first kappa shape index (κ1) is 22.9. The third-order valence-corrected chi connectivity index (χ3v) is 9.41. The Morgan fingerprint density at radius 3 is 2.03 bits per heavy atom. The van der Waals surface area contributed by atoms with Gasteiger partial charge in [0.15, 0.2) is 4.33 Å². The van der Waals surface area contributed by atoms with Crippen LogP contribution in [0.15, 0.2) is 28.3 Å². The van der Waals surface area contributed by atoms with E-state index in [0.29, 0.717) is 11.5 Å². The van der Waals surface area contributed by atoms with Gasteiger partial charge in [-0.05, 0) is 12.1 Å². The lowest BCUT2D eigenvalue weighted by molar-refractivity contribution is -0.146. The number of carbonyl (C=O) groups excluding carboxylic acids is 1. The van der Waals surface area contributed by atoms with Crippen molar-refractivity contribution in [3.63, 3.8) is 0 Å². The summed E-state index contributed by atoms with van der Waals surface area (Å²) in [4.78, 5) is 21.1. The second kappa shape index (κ2) is 7.43. The van der Waals surface area contributed by atoms with E-state index in [0.717, 1.165) is 0 Å². The number of anilines is 1. The first-order valence-corrected chi connectivity index (χ1v) is 10.2. The summed E-state index contributed by atoms with van der Waals surface area (Å²) in [5.41, 5.74) is 0.202. The predicted molar refractivity (Wildman–Crippen MR) is 113 cm³/mol. The molecule has 2 bridgehead atoms. The highest BCUT2D eigenvalue weighted by molar-refractivity contribution is 6.66. The molecule has 0 saturated heterocycles. The summed E-state index contributed by atoms with van der Waals surface area (Å²) in [5.74, 6) is -4.81. The van der Waals surface area contributed by atoms with Crippen molar-refractivity contribution in [3.05, 3.63) is 28.3 Å². The maximum atomic E-state index is 13.2. The lowest BCUT2D eigenvalue weighted by Crippen LogP contribution is -2.47. The standard InChI is InChI=1S/C17H13Cl6NO5/c1-28-6-3-4-8(29-2)7(5-6)24-13(25)9-10(14(26)27)16(21)12(19)11(18)15(9,20)17(16,22)23/h3-5,9-10H,1-2H3,(H,24,25)(H,26,27)/t9-,10+,15-,16-/m1/s1. The zero-order chi connectivity index (χ0) is 21.9. The van der Waals surface area contributed by atoms with Crippen LogP contribution in [0, 0.1) is 11.8 Å². The second-order valence-corrected chi connectivity index (χ2v) is 9.75. The average molecular weight is 524 g/mol. The van der Waals surface area contributed by atoms with Gasteiger partial charge in [0.05, 0.1) is 41.8 Å². The predicted octanol–water partition coefficient (Wildman–Crippen LogP) is 4.80. The zero-order valence-electron chi connectivity index (χ0n) is 14.7. The maximum absolute atomic E-state index is 13.2. The molecule has 6 nitrogen and oxygen atoms in total. The molecule has 4 atom stereocenters. The van der Waals surface area contributed by atoms with E-state index in [-0.39, 0.29) is 15.8 Å². The van der Waals surface area contributed by atoms with Crippen LogP contribution in [0.1, 0.15) is 0 Å². The molecule has 1 fully saturated rings. The summed E-state index contributed by atoms with van der Waals surface area (Å²) < 4.78 is 8.17. The fourth-order valence-electron chi connectivity index (χ4n) is 3.75. The molecule has 0 aliphatic heterocycles. The quantitative estimate of drug-likeness (QED) is 0.541. The molecule has 1 saturated carbocycles. The fraction of sp³-hybridized carbons (Fsp3) is 0.412. The zero-order valence-corrected chi connectivity index (χ0v) is 19.3. The number of hydrogen-bond donors (Lipinski definition) is 2. The molecule has 0 heterocycles. The van der Waals surface area contributed by atoms with Crippen LogP contribution in [0.2, 0.25) is 0 Å². The van der Waals surface area contributed by atoms with Crippen LogP contribution in [-0.4, -0.2) is 45.3 Å². The Morgan fingerprint density at radius 2 is 1.55 bits per heavy atom. The van der Waals surface area contributed by atoms with E-state index in [9.17, 15) is 14.7 Å². The molecule has 0 unspecified atom stereocenters. The molecule has 12 heteroatoms. The van der Waals surface area contributed by atoms with E-state index in [1.807, 2.05) is 0 Å². The number of hydrogen-bond acceptors (Lipinski definition) is 4. The number of carboxylic acid groups (broad SMARTS) is 1. The molecule has 158 valence electrons. The molecule has 1 aromatic carbocycles. The second-order valence-electron chi connectivity index (χ2n) is 6.47. The van der Waals surface area contributed by atoms with E-state index in [1.54, 1.807) is 12.1 Å². The van der Waals surface area contributed by atoms with Crippen molar-refractivity contribution in [3.8, 4) is 11.5 Å². The number of nitrogens with one attached hydrogen (secondary N) is 1. The van der Waals surface area contributed by atoms with Crippen LogP contribution < -0.4 is 14.8 Å². The lowest BCUT2D eigenvalue weighted by Gasteiger charge is -2.33. The number of carboxylic acids is 1. The molecular weight excluding hydrogens is 511 g/mol. The lowest BCUT2D eigenvalue weighted by atomic mass is 9.81. The fourth-order valence-corrected chi connectivity index (χ4v) is 6.68. The topological polar surface area (TPSA) is 84.9 Å². The van der Waals surface area contributed by atoms with Crippen molar-refractivity contribution < 1.29 is 24.2 Å². The van der Waals surface area contributed by atoms with Crippen LogP contribution >= 0.6 is 69.6 Å². The summed E-state index contributed by atoms with van der Waals surface area (Å²) in [6, 6.07) is 4.65. The number of methoxy groups -OCH3 is 2. The van der Waals surface area contributed by atoms with Crippen molar-refractivity contribution in [2.75, 3.05) is 19.5 Å². The molecule has 0 radical (unpaired) electrons. The highest BCUT2D eigenvalue weighted by atomic mass is 35.5. The highest BCUT2D eigenvalue weighted by Gasteiger charge is 2.85. The molecule has 1 amide bonds. The molecule has 2 aliphatic rings. The third-order valence-electron chi connectivity index (χ3n) is 5.15.